The number of aromatic nitrogens is 2. The van der Waals surface area contributed by atoms with Crippen molar-refractivity contribution in [3.8, 4) is 0 Å². The zero-order valence-electron chi connectivity index (χ0n) is 14.3. The Balaban J connectivity index is 1.61. The van der Waals surface area contributed by atoms with Crippen molar-refractivity contribution in [3.63, 3.8) is 0 Å². The summed E-state index contributed by atoms with van der Waals surface area (Å²) < 4.78 is 39.9. The van der Waals surface area contributed by atoms with Crippen molar-refractivity contribution < 1.29 is 23.1 Å². The van der Waals surface area contributed by atoms with Gasteiger partial charge >= 0.3 is 12.1 Å². The number of aliphatic carboxylic acids is 1. The van der Waals surface area contributed by atoms with Gasteiger partial charge in [-0.15, -0.1) is 0 Å². The Morgan fingerprint density at radius 2 is 2.04 bits per heavy atom. The molecule has 3 atom stereocenters. The molecule has 1 aromatic heterocycles. The minimum atomic E-state index is -4.53. The molecule has 2 bridgehead atoms. The zero-order chi connectivity index (χ0) is 18.6. The van der Waals surface area contributed by atoms with Gasteiger partial charge in [-0.2, -0.15) is 18.2 Å². The molecule has 1 aromatic rings. The third-order valence-corrected chi connectivity index (χ3v) is 5.55. The summed E-state index contributed by atoms with van der Waals surface area (Å²) in [6, 6.07) is 1.16. The molecule has 7 nitrogen and oxygen atoms in total. The largest absolute Gasteiger partial charge is 0.480 e. The van der Waals surface area contributed by atoms with Crippen molar-refractivity contribution in [2.24, 2.45) is 0 Å². The van der Waals surface area contributed by atoms with Crippen molar-refractivity contribution >= 4 is 17.7 Å². The number of hydrogen-bond acceptors (Lipinski definition) is 6. The van der Waals surface area contributed by atoms with Gasteiger partial charge in [0.25, 0.3) is 0 Å². The predicted molar refractivity (Wildman–Crippen MR) is 87.2 cm³/mol. The van der Waals surface area contributed by atoms with Crippen LogP contribution in [-0.4, -0.2) is 70.2 Å². The Kier molecular flexibility index (Phi) is 3.98. The molecule has 0 unspecified atom stereocenters. The number of anilines is 2. The molecule has 3 fully saturated rings. The number of fused-ring (bicyclic) bond motifs is 2. The predicted octanol–water partition coefficient (Wildman–Crippen LogP) is 1.44. The Bertz CT molecular complexity index is 728. The molecule has 4 rings (SSSR count). The molecular weight excluding hydrogens is 351 g/mol. The van der Waals surface area contributed by atoms with Gasteiger partial charge in [-0.1, -0.05) is 0 Å². The first kappa shape index (κ1) is 17.3. The Hall–Kier alpha value is -2.10. The van der Waals surface area contributed by atoms with E-state index in [0.29, 0.717) is 19.6 Å². The summed E-state index contributed by atoms with van der Waals surface area (Å²) in [5.41, 5.74) is -0.929. The van der Waals surface area contributed by atoms with Crippen molar-refractivity contribution in [1.82, 2.24) is 14.9 Å². The second-order valence-electron chi connectivity index (χ2n) is 7.26. The average molecular weight is 371 g/mol. The van der Waals surface area contributed by atoms with Crippen molar-refractivity contribution in [2.45, 2.75) is 44.1 Å². The Labute approximate surface area is 148 Å². The SMILES string of the molecule is C[C@H]1CCN1c1nc(N2C[C@H]3C[C@@H]2CN3CC(=O)O)cc(C(F)(F)F)n1. The van der Waals surface area contributed by atoms with Crippen LogP contribution < -0.4 is 9.80 Å². The van der Waals surface area contributed by atoms with Gasteiger partial charge in [-0.05, 0) is 19.8 Å². The van der Waals surface area contributed by atoms with Crippen LogP contribution in [0.3, 0.4) is 0 Å². The van der Waals surface area contributed by atoms with Crippen LogP contribution in [0.15, 0.2) is 6.07 Å². The first-order chi connectivity index (χ1) is 12.2. The number of rotatable bonds is 4. The van der Waals surface area contributed by atoms with Gasteiger partial charge in [-0.25, -0.2) is 4.98 Å². The van der Waals surface area contributed by atoms with Crippen molar-refractivity contribution in [1.29, 1.82) is 0 Å². The first-order valence-electron chi connectivity index (χ1n) is 8.68. The molecule has 0 radical (unpaired) electrons. The highest BCUT2D eigenvalue weighted by molar-refractivity contribution is 5.69. The van der Waals surface area contributed by atoms with Gasteiger partial charge in [0, 0.05) is 43.8 Å². The molecule has 4 heterocycles. The molecule has 0 aromatic carbocycles. The lowest BCUT2D eigenvalue weighted by molar-refractivity contribution is -0.141. The Morgan fingerprint density at radius 1 is 1.27 bits per heavy atom. The van der Waals surface area contributed by atoms with E-state index in [4.69, 9.17) is 5.11 Å². The molecule has 0 amide bonds. The normalized spacial score (nSPS) is 28.5. The van der Waals surface area contributed by atoms with E-state index in [1.807, 2.05) is 16.7 Å². The summed E-state index contributed by atoms with van der Waals surface area (Å²) in [7, 11) is 0. The van der Waals surface area contributed by atoms with Gasteiger partial charge in [0.05, 0.1) is 6.54 Å². The molecule has 3 saturated heterocycles. The zero-order valence-corrected chi connectivity index (χ0v) is 14.3. The summed E-state index contributed by atoms with van der Waals surface area (Å²) in [5, 5.41) is 8.96. The molecule has 3 aliphatic rings. The summed E-state index contributed by atoms with van der Waals surface area (Å²) >= 11 is 0. The van der Waals surface area contributed by atoms with Crippen LogP contribution in [0.2, 0.25) is 0 Å². The van der Waals surface area contributed by atoms with Crippen molar-refractivity contribution in [2.75, 3.05) is 36.0 Å². The van der Waals surface area contributed by atoms with E-state index in [2.05, 4.69) is 9.97 Å². The standard InChI is InChI=1S/C16H20F3N5O2/c1-9-2-3-23(9)15-20-12(16(17,18)19)5-13(21-15)24-7-10-4-11(24)6-22(10)8-14(25)26/h5,9-11H,2-4,6-8H2,1H3,(H,25,26)/t9-,10+,11+/m0/s1. The number of carbonyl (C=O) groups is 1. The van der Waals surface area contributed by atoms with Crippen LogP contribution in [-0.2, 0) is 11.0 Å². The quantitative estimate of drug-likeness (QED) is 0.859. The fourth-order valence-corrected chi connectivity index (χ4v) is 4.05. The van der Waals surface area contributed by atoms with Crippen molar-refractivity contribution in [3.05, 3.63) is 11.8 Å². The van der Waals surface area contributed by atoms with Crippen LogP contribution in [0.5, 0.6) is 0 Å². The second-order valence-corrected chi connectivity index (χ2v) is 7.26. The topological polar surface area (TPSA) is 72.8 Å². The number of piperazine rings is 1. The lowest BCUT2D eigenvalue weighted by atomic mass is 10.1. The van der Waals surface area contributed by atoms with E-state index in [0.717, 1.165) is 18.9 Å². The van der Waals surface area contributed by atoms with Gasteiger partial charge in [0.15, 0.2) is 5.69 Å². The number of hydrogen-bond donors (Lipinski definition) is 1. The average Bonchev–Trinajstić information content (AvgIpc) is 3.11. The molecule has 0 aliphatic carbocycles. The van der Waals surface area contributed by atoms with Crippen LogP contribution in [0.25, 0.3) is 0 Å². The Morgan fingerprint density at radius 3 is 2.54 bits per heavy atom. The summed E-state index contributed by atoms with van der Waals surface area (Å²) in [6.07, 6.45) is -2.88. The van der Waals surface area contributed by atoms with Gasteiger partial charge < -0.3 is 14.9 Å². The lowest BCUT2D eigenvalue weighted by Crippen LogP contribution is -2.49. The van der Waals surface area contributed by atoms with E-state index in [-0.39, 0.29) is 36.4 Å². The third kappa shape index (κ3) is 2.95. The number of carboxylic acids is 1. The monoisotopic (exact) mass is 371 g/mol. The molecule has 0 spiro atoms. The molecule has 26 heavy (non-hydrogen) atoms. The van der Waals surface area contributed by atoms with Gasteiger partial charge in [-0.3, -0.25) is 9.69 Å². The maximum atomic E-state index is 13.3. The molecule has 3 aliphatic heterocycles. The highest BCUT2D eigenvalue weighted by atomic mass is 19.4. The number of nitrogens with zero attached hydrogens (tertiary/aromatic N) is 5. The van der Waals surface area contributed by atoms with Crippen LogP contribution in [0.1, 0.15) is 25.5 Å². The fraction of sp³-hybridized carbons (Fsp3) is 0.688. The van der Waals surface area contributed by atoms with E-state index in [9.17, 15) is 18.0 Å². The molecular formula is C16H20F3N5O2. The van der Waals surface area contributed by atoms with Gasteiger partial charge in [0.2, 0.25) is 5.95 Å². The minimum absolute atomic E-state index is 0.0167. The van der Waals surface area contributed by atoms with Crippen LogP contribution in [0, 0.1) is 0 Å². The van der Waals surface area contributed by atoms with Gasteiger partial charge in [0.1, 0.15) is 5.82 Å². The first-order valence-corrected chi connectivity index (χ1v) is 8.68. The number of alkyl halides is 3. The number of carboxylic acid groups (broad SMARTS) is 1. The highest BCUT2D eigenvalue weighted by Gasteiger charge is 2.45. The third-order valence-electron chi connectivity index (χ3n) is 5.55. The van der Waals surface area contributed by atoms with E-state index >= 15 is 0 Å². The van der Waals surface area contributed by atoms with E-state index in [1.165, 1.54) is 0 Å². The second kappa shape index (κ2) is 5.97. The lowest BCUT2D eigenvalue weighted by Gasteiger charge is -2.40. The molecule has 10 heteroatoms. The smallest absolute Gasteiger partial charge is 0.433 e. The summed E-state index contributed by atoms with van der Waals surface area (Å²) in [5.74, 6) is -0.484. The van der Waals surface area contributed by atoms with Crippen LogP contribution in [0.4, 0.5) is 24.9 Å². The molecule has 142 valence electrons. The maximum absolute atomic E-state index is 13.3. The summed E-state index contributed by atoms with van der Waals surface area (Å²) in [4.78, 5) is 24.6. The highest BCUT2D eigenvalue weighted by Crippen LogP contribution is 2.37. The summed E-state index contributed by atoms with van der Waals surface area (Å²) in [6.45, 7) is 3.57. The minimum Gasteiger partial charge on any atom is -0.480 e. The molecule has 1 N–H and O–H groups in total. The van der Waals surface area contributed by atoms with E-state index < -0.39 is 17.8 Å². The fourth-order valence-electron chi connectivity index (χ4n) is 4.05. The number of halogens is 3. The van der Waals surface area contributed by atoms with E-state index in [1.54, 1.807) is 4.90 Å². The van der Waals surface area contributed by atoms with Crippen LogP contribution >= 0.6 is 0 Å². The molecule has 0 saturated carbocycles. The maximum Gasteiger partial charge on any atom is 0.433 e. The number of likely N-dealkylation sites (tertiary alicyclic amines) is 1.